The molecule has 0 amide bonds. The first kappa shape index (κ1) is 10.6. The van der Waals surface area contributed by atoms with Crippen molar-refractivity contribution in [2.45, 2.75) is 6.92 Å². The first-order valence-corrected chi connectivity index (χ1v) is 4.03. The fourth-order valence-corrected chi connectivity index (χ4v) is 1.12. The van der Waals surface area contributed by atoms with Gasteiger partial charge in [0.2, 0.25) is 0 Å². The predicted molar refractivity (Wildman–Crippen MR) is 50.2 cm³/mol. The second-order valence-electron chi connectivity index (χ2n) is 2.70. The van der Waals surface area contributed by atoms with Crippen molar-refractivity contribution in [2.24, 2.45) is 0 Å². The van der Waals surface area contributed by atoms with E-state index in [0.717, 1.165) is 12.1 Å². The smallest absolute Gasteiger partial charge is 0.194 e. The number of hydrogen-bond acceptors (Lipinski definition) is 0. The van der Waals surface area contributed by atoms with Crippen LogP contribution in [0.3, 0.4) is 0 Å². The summed E-state index contributed by atoms with van der Waals surface area (Å²) in [5, 5.41) is 0. The second-order valence-corrected chi connectivity index (χ2v) is 2.70. The number of benzene rings is 1. The van der Waals surface area contributed by atoms with E-state index in [9.17, 15) is 13.2 Å². The summed E-state index contributed by atoms with van der Waals surface area (Å²) in [6, 6.07) is 1.88. The molecular formula is C11H9F3. The van der Waals surface area contributed by atoms with Crippen LogP contribution in [0.1, 0.15) is 12.5 Å². The van der Waals surface area contributed by atoms with Gasteiger partial charge in [0.05, 0.1) is 0 Å². The quantitative estimate of drug-likeness (QED) is 0.502. The van der Waals surface area contributed by atoms with E-state index in [1.165, 1.54) is 6.08 Å². The van der Waals surface area contributed by atoms with Gasteiger partial charge in [0, 0.05) is 0 Å². The Morgan fingerprint density at radius 1 is 1.21 bits per heavy atom. The highest BCUT2D eigenvalue weighted by Crippen LogP contribution is 2.20. The number of halogens is 3. The van der Waals surface area contributed by atoms with Gasteiger partial charge < -0.3 is 0 Å². The molecule has 0 bridgehead atoms. The Kier molecular flexibility index (Phi) is 3.12. The van der Waals surface area contributed by atoms with E-state index in [1.807, 2.05) is 0 Å². The van der Waals surface area contributed by atoms with Gasteiger partial charge in [-0.2, -0.15) is 0 Å². The van der Waals surface area contributed by atoms with Crippen LogP contribution in [0.15, 0.2) is 30.9 Å². The fourth-order valence-electron chi connectivity index (χ4n) is 1.12. The summed E-state index contributed by atoms with van der Waals surface area (Å²) in [5.74, 6) is -3.84. The highest BCUT2D eigenvalue weighted by atomic mass is 19.2. The molecule has 0 saturated heterocycles. The van der Waals surface area contributed by atoms with E-state index >= 15 is 0 Å². The summed E-state index contributed by atoms with van der Waals surface area (Å²) in [6.45, 7) is 5.19. The van der Waals surface area contributed by atoms with Crippen molar-refractivity contribution >= 4 is 5.57 Å². The largest absolute Gasteiger partial charge is 0.204 e. The Labute approximate surface area is 80.4 Å². The van der Waals surface area contributed by atoms with Gasteiger partial charge in [-0.05, 0) is 30.2 Å². The average molecular weight is 198 g/mol. The molecule has 1 aromatic carbocycles. The fraction of sp³-hybridized carbons (Fsp3) is 0.0909. The minimum absolute atomic E-state index is 0.277. The van der Waals surface area contributed by atoms with Crippen molar-refractivity contribution in [2.75, 3.05) is 0 Å². The van der Waals surface area contributed by atoms with E-state index in [2.05, 4.69) is 6.58 Å². The summed E-state index contributed by atoms with van der Waals surface area (Å²) >= 11 is 0. The molecule has 0 fully saturated rings. The van der Waals surface area contributed by atoms with E-state index in [0.29, 0.717) is 5.57 Å². The molecule has 3 heteroatoms. The number of allylic oxidation sites excluding steroid dienone is 3. The van der Waals surface area contributed by atoms with Gasteiger partial charge in [-0.15, -0.1) is 0 Å². The van der Waals surface area contributed by atoms with Crippen LogP contribution >= 0.6 is 0 Å². The molecule has 0 nitrogen and oxygen atoms in total. The maximum absolute atomic E-state index is 12.8. The molecule has 0 saturated carbocycles. The lowest BCUT2D eigenvalue weighted by Crippen LogP contribution is -1.93. The Bertz CT molecular complexity index is 369. The van der Waals surface area contributed by atoms with Crippen molar-refractivity contribution in [1.82, 2.24) is 0 Å². The third-order valence-electron chi connectivity index (χ3n) is 1.85. The lowest BCUT2D eigenvalue weighted by atomic mass is 10.1. The average Bonchev–Trinajstić information content (AvgIpc) is 2.16. The first-order valence-electron chi connectivity index (χ1n) is 4.03. The zero-order valence-corrected chi connectivity index (χ0v) is 7.65. The van der Waals surface area contributed by atoms with Crippen LogP contribution in [0.25, 0.3) is 5.57 Å². The molecule has 14 heavy (non-hydrogen) atoms. The van der Waals surface area contributed by atoms with E-state index in [1.54, 1.807) is 13.0 Å². The lowest BCUT2D eigenvalue weighted by molar-refractivity contribution is 0.446. The number of hydrogen-bond donors (Lipinski definition) is 0. The van der Waals surface area contributed by atoms with Crippen molar-refractivity contribution in [3.8, 4) is 0 Å². The normalized spacial score (nSPS) is 11.6. The first-order chi connectivity index (χ1) is 6.60. The van der Waals surface area contributed by atoms with E-state index < -0.39 is 17.5 Å². The zero-order chi connectivity index (χ0) is 10.7. The lowest BCUT2D eigenvalue weighted by Gasteiger charge is -2.03. The highest BCUT2D eigenvalue weighted by molar-refractivity contribution is 5.73. The zero-order valence-electron chi connectivity index (χ0n) is 7.65. The van der Waals surface area contributed by atoms with Gasteiger partial charge in [0.25, 0.3) is 0 Å². The molecule has 1 aromatic rings. The number of rotatable bonds is 2. The summed E-state index contributed by atoms with van der Waals surface area (Å²) < 4.78 is 38.2. The van der Waals surface area contributed by atoms with Gasteiger partial charge in [0.1, 0.15) is 0 Å². The maximum atomic E-state index is 12.8. The summed E-state index contributed by atoms with van der Waals surface area (Å²) in [5.41, 5.74) is 0.835. The van der Waals surface area contributed by atoms with Crippen LogP contribution in [0.4, 0.5) is 13.2 Å². The molecule has 0 unspecified atom stereocenters. The van der Waals surface area contributed by atoms with Gasteiger partial charge in [-0.3, -0.25) is 0 Å². The molecule has 0 heterocycles. The van der Waals surface area contributed by atoms with Crippen LogP contribution in [-0.2, 0) is 0 Å². The topological polar surface area (TPSA) is 0 Å². The molecular weight excluding hydrogens is 189 g/mol. The Morgan fingerprint density at radius 3 is 2.07 bits per heavy atom. The molecule has 0 spiro atoms. The highest BCUT2D eigenvalue weighted by Gasteiger charge is 2.11. The third-order valence-corrected chi connectivity index (χ3v) is 1.85. The molecule has 1 rings (SSSR count). The molecule has 0 N–H and O–H groups in total. The minimum atomic E-state index is -1.45. The molecule has 0 aliphatic rings. The molecule has 0 atom stereocenters. The maximum Gasteiger partial charge on any atom is 0.194 e. The summed E-state index contributed by atoms with van der Waals surface area (Å²) in [7, 11) is 0. The molecule has 74 valence electrons. The molecule has 0 aliphatic carbocycles. The van der Waals surface area contributed by atoms with Crippen molar-refractivity contribution in [3.63, 3.8) is 0 Å². The predicted octanol–water partition coefficient (Wildman–Crippen LogP) is 3.69. The van der Waals surface area contributed by atoms with Crippen LogP contribution in [0, 0.1) is 17.5 Å². The van der Waals surface area contributed by atoms with Crippen molar-refractivity contribution < 1.29 is 13.2 Å². The second kappa shape index (κ2) is 4.13. The van der Waals surface area contributed by atoms with Crippen LogP contribution in [0.5, 0.6) is 0 Å². The Balaban J connectivity index is 3.32. The SMILES string of the molecule is C=C/C(=C\C)c1cc(F)c(F)c(F)c1. The minimum Gasteiger partial charge on any atom is -0.204 e. The van der Waals surface area contributed by atoms with Crippen LogP contribution < -0.4 is 0 Å². The van der Waals surface area contributed by atoms with Gasteiger partial charge >= 0.3 is 0 Å². The Morgan fingerprint density at radius 2 is 1.71 bits per heavy atom. The monoisotopic (exact) mass is 198 g/mol. The summed E-state index contributed by atoms with van der Waals surface area (Å²) in [6.07, 6.45) is 3.09. The van der Waals surface area contributed by atoms with E-state index in [-0.39, 0.29) is 5.56 Å². The molecule has 0 aliphatic heterocycles. The third kappa shape index (κ3) is 1.87. The van der Waals surface area contributed by atoms with E-state index in [4.69, 9.17) is 0 Å². The summed E-state index contributed by atoms with van der Waals surface area (Å²) in [4.78, 5) is 0. The van der Waals surface area contributed by atoms with Crippen molar-refractivity contribution in [3.05, 3.63) is 53.9 Å². The van der Waals surface area contributed by atoms with Crippen LogP contribution in [0.2, 0.25) is 0 Å². The standard InChI is InChI=1S/C11H9F3/c1-3-7(4-2)8-5-9(12)11(14)10(13)6-8/h3-6H,1H2,2H3/b7-4+. The van der Waals surface area contributed by atoms with Gasteiger partial charge in [-0.1, -0.05) is 18.7 Å². The van der Waals surface area contributed by atoms with Crippen LogP contribution in [-0.4, -0.2) is 0 Å². The molecule has 0 radical (unpaired) electrons. The Hall–Kier alpha value is -1.51. The van der Waals surface area contributed by atoms with Crippen molar-refractivity contribution in [1.29, 1.82) is 0 Å². The van der Waals surface area contributed by atoms with Gasteiger partial charge in [0.15, 0.2) is 17.5 Å². The molecule has 0 aromatic heterocycles. The van der Waals surface area contributed by atoms with Gasteiger partial charge in [-0.25, -0.2) is 13.2 Å².